The Morgan fingerprint density at radius 1 is 1.09 bits per heavy atom. The zero-order valence-electron chi connectivity index (χ0n) is 13.3. The van der Waals surface area contributed by atoms with Crippen LogP contribution in [-0.4, -0.2) is 32.0 Å². The normalized spacial score (nSPS) is 16.1. The van der Waals surface area contributed by atoms with Crippen molar-refractivity contribution in [2.45, 2.75) is 38.0 Å². The van der Waals surface area contributed by atoms with Gasteiger partial charge < -0.3 is 15.4 Å². The van der Waals surface area contributed by atoms with Crippen LogP contribution in [0.3, 0.4) is 0 Å². The quantitative estimate of drug-likeness (QED) is 0.787. The van der Waals surface area contributed by atoms with Gasteiger partial charge in [-0.3, -0.25) is 9.59 Å². The van der Waals surface area contributed by atoms with Gasteiger partial charge in [-0.05, 0) is 30.5 Å². The van der Waals surface area contributed by atoms with E-state index in [0.29, 0.717) is 13.1 Å². The highest BCUT2D eigenvalue weighted by atomic mass is 16.5. The Labute approximate surface area is 131 Å². The number of hydrogen-bond acceptors (Lipinski definition) is 3. The van der Waals surface area contributed by atoms with Crippen LogP contribution < -0.4 is 15.4 Å². The number of carbonyl (C=O) groups excluding carboxylic acids is 2. The van der Waals surface area contributed by atoms with Gasteiger partial charge in [-0.25, -0.2) is 0 Å². The van der Waals surface area contributed by atoms with Crippen molar-refractivity contribution in [3.05, 3.63) is 29.8 Å². The predicted octanol–water partition coefficient (Wildman–Crippen LogP) is 1.76. The molecule has 2 rings (SSSR count). The van der Waals surface area contributed by atoms with Crippen molar-refractivity contribution in [1.82, 2.24) is 10.6 Å². The molecule has 0 unspecified atom stereocenters. The molecule has 0 saturated heterocycles. The molecule has 0 aliphatic heterocycles. The largest absolute Gasteiger partial charge is 0.497 e. The van der Waals surface area contributed by atoms with E-state index in [9.17, 15) is 9.59 Å². The number of amides is 2. The Morgan fingerprint density at radius 3 is 2.23 bits per heavy atom. The van der Waals surface area contributed by atoms with Gasteiger partial charge in [0.2, 0.25) is 11.8 Å². The summed E-state index contributed by atoms with van der Waals surface area (Å²) in [6.07, 6.45) is 3.85. The van der Waals surface area contributed by atoms with Crippen LogP contribution in [-0.2, 0) is 15.0 Å². The van der Waals surface area contributed by atoms with Gasteiger partial charge >= 0.3 is 0 Å². The second-order valence-corrected chi connectivity index (χ2v) is 5.76. The third kappa shape index (κ3) is 3.59. The fourth-order valence-corrected chi connectivity index (χ4v) is 3.12. The lowest BCUT2D eigenvalue weighted by molar-refractivity contribution is -0.127. The zero-order valence-corrected chi connectivity index (χ0v) is 13.3. The number of methoxy groups -OCH3 is 1. The summed E-state index contributed by atoms with van der Waals surface area (Å²) in [5.41, 5.74) is 0.602. The molecule has 120 valence electrons. The van der Waals surface area contributed by atoms with Crippen molar-refractivity contribution in [3.63, 3.8) is 0 Å². The van der Waals surface area contributed by atoms with E-state index in [1.807, 2.05) is 24.3 Å². The van der Waals surface area contributed by atoms with E-state index < -0.39 is 5.41 Å². The van der Waals surface area contributed by atoms with Gasteiger partial charge in [0.25, 0.3) is 0 Å². The molecule has 0 radical (unpaired) electrons. The van der Waals surface area contributed by atoms with E-state index in [0.717, 1.165) is 37.0 Å². The molecule has 2 amide bonds. The first-order valence-corrected chi connectivity index (χ1v) is 7.76. The summed E-state index contributed by atoms with van der Waals surface area (Å²) in [6.45, 7) is 2.38. The fraction of sp³-hybridized carbons (Fsp3) is 0.529. The summed E-state index contributed by atoms with van der Waals surface area (Å²) in [5.74, 6) is 0.767. The molecule has 22 heavy (non-hydrogen) atoms. The van der Waals surface area contributed by atoms with Crippen molar-refractivity contribution < 1.29 is 14.3 Å². The Bertz CT molecular complexity index is 519. The fourth-order valence-electron chi connectivity index (χ4n) is 3.12. The molecule has 1 aromatic rings. The monoisotopic (exact) mass is 304 g/mol. The summed E-state index contributed by atoms with van der Waals surface area (Å²) in [6, 6.07) is 7.77. The van der Waals surface area contributed by atoms with Crippen LogP contribution >= 0.6 is 0 Å². The molecule has 0 heterocycles. The number of rotatable bonds is 6. The zero-order chi connectivity index (χ0) is 16.0. The maximum atomic E-state index is 12.7. The van der Waals surface area contributed by atoms with Crippen molar-refractivity contribution in [1.29, 1.82) is 0 Å². The van der Waals surface area contributed by atoms with Crippen molar-refractivity contribution in [2.75, 3.05) is 20.2 Å². The van der Waals surface area contributed by atoms with Crippen LogP contribution in [0.4, 0.5) is 0 Å². The molecule has 1 aromatic carbocycles. The SMILES string of the molecule is COc1ccc(C2(C(=O)NCCNC(C)=O)CCCC2)cc1. The predicted molar refractivity (Wildman–Crippen MR) is 84.8 cm³/mol. The van der Waals surface area contributed by atoms with E-state index in [2.05, 4.69) is 10.6 Å². The average molecular weight is 304 g/mol. The maximum absolute atomic E-state index is 12.7. The van der Waals surface area contributed by atoms with Crippen molar-refractivity contribution >= 4 is 11.8 Å². The average Bonchev–Trinajstić information content (AvgIpc) is 3.02. The number of ether oxygens (including phenoxy) is 1. The molecule has 1 fully saturated rings. The molecule has 5 heteroatoms. The van der Waals surface area contributed by atoms with Gasteiger partial charge in [0, 0.05) is 20.0 Å². The van der Waals surface area contributed by atoms with Crippen LogP contribution in [0, 0.1) is 0 Å². The topological polar surface area (TPSA) is 67.4 Å². The number of carbonyl (C=O) groups is 2. The Morgan fingerprint density at radius 2 is 1.68 bits per heavy atom. The maximum Gasteiger partial charge on any atom is 0.230 e. The lowest BCUT2D eigenvalue weighted by atomic mass is 9.78. The highest BCUT2D eigenvalue weighted by Gasteiger charge is 2.42. The van der Waals surface area contributed by atoms with Crippen LogP contribution in [0.25, 0.3) is 0 Å². The van der Waals surface area contributed by atoms with E-state index in [1.165, 1.54) is 6.92 Å². The van der Waals surface area contributed by atoms with Gasteiger partial charge in [0.05, 0.1) is 12.5 Å². The third-order valence-electron chi connectivity index (χ3n) is 4.32. The van der Waals surface area contributed by atoms with Gasteiger partial charge in [0.15, 0.2) is 0 Å². The highest BCUT2D eigenvalue weighted by Crippen LogP contribution is 2.41. The number of benzene rings is 1. The first kappa shape index (κ1) is 16.3. The van der Waals surface area contributed by atoms with E-state index in [-0.39, 0.29) is 11.8 Å². The molecule has 1 aliphatic carbocycles. The second kappa shape index (κ2) is 7.29. The molecule has 1 saturated carbocycles. The molecule has 0 spiro atoms. The standard InChI is InChI=1S/C17H24N2O3/c1-13(20)18-11-12-19-16(21)17(9-3-4-10-17)14-5-7-15(22-2)8-6-14/h5-8H,3-4,9-12H2,1-2H3,(H,18,20)(H,19,21). The van der Waals surface area contributed by atoms with Gasteiger partial charge in [0.1, 0.15) is 5.75 Å². The summed E-state index contributed by atoms with van der Waals surface area (Å²) < 4.78 is 5.19. The molecular formula is C17H24N2O3. The van der Waals surface area contributed by atoms with Crippen molar-refractivity contribution in [2.24, 2.45) is 0 Å². The molecule has 0 bridgehead atoms. The third-order valence-corrected chi connectivity index (χ3v) is 4.32. The van der Waals surface area contributed by atoms with Crippen molar-refractivity contribution in [3.8, 4) is 5.75 Å². The molecular weight excluding hydrogens is 280 g/mol. The van der Waals surface area contributed by atoms with Gasteiger partial charge in [-0.1, -0.05) is 25.0 Å². The molecule has 0 atom stereocenters. The summed E-state index contributed by atoms with van der Waals surface area (Å²) in [5, 5.41) is 5.65. The molecule has 1 aliphatic rings. The molecule has 0 aromatic heterocycles. The molecule has 2 N–H and O–H groups in total. The minimum atomic E-state index is -0.442. The first-order chi connectivity index (χ1) is 10.6. The van der Waals surface area contributed by atoms with Gasteiger partial charge in [-0.2, -0.15) is 0 Å². The Balaban J connectivity index is 2.06. The van der Waals surface area contributed by atoms with Gasteiger partial charge in [-0.15, -0.1) is 0 Å². The Hall–Kier alpha value is -2.04. The molecule has 5 nitrogen and oxygen atoms in total. The minimum absolute atomic E-state index is 0.0560. The first-order valence-electron chi connectivity index (χ1n) is 7.76. The number of nitrogens with one attached hydrogen (secondary N) is 2. The lowest BCUT2D eigenvalue weighted by Crippen LogP contribution is -2.45. The van der Waals surface area contributed by atoms with Crippen LogP contribution in [0.15, 0.2) is 24.3 Å². The minimum Gasteiger partial charge on any atom is -0.497 e. The van der Waals surface area contributed by atoms with Crippen LogP contribution in [0.2, 0.25) is 0 Å². The van der Waals surface area contributed by atoms with Crippen LogP contribution in [0.5, 0.6) is 5.75 Å². The Kier molecular flexibility index (Phi) is 5.41. The smallest absolute Gasteiger partial charge is 0.230 e. The second-order valence-electron chi connectivity index (χ2n) is 5.76. The summed E-state index contributed by atoms with van der Waals surface area (Å²) in [7, 11) is 1.63. The van der Waals surface area contributed by atoms with Crippen LogP contribution in [0.1, 0.15) is 38.2 Å². The van der Waals surface area contributed by atoms with E-state index in [4.69, 9.17) is 4.74 Å². The summed E-state index contributed by atoms with van der Waals surface area (Å²) in [4.78, 5) is 23.6. The lowest BCUT2D eigenvalue weighted by Gasteiger charge is -2.28. The number of hydrogen-bond donors (Lipinski definition) is 2. The van der Waals surface area contributed by atoms with E-state index in [1.54, 1.807) is 7.11 Å². The van der Waals surface area contributed by atoms with E-state index >= 15 is 0 Å². The highest BCUT2D eigenvalue weighted by molar-refractivity contribution is 5.88. The summed E-state index contributed by atoms with van der Waals surface area (Å²) >= 11 is 0.